The van der Waals surface area contributed by atoms with Crippen molar-refractivity contribution in [2.75, 3.05) is 11.1 Å². The molecule has 0 aliphatic carbocycles. The number of nitrogens with one attached hydrogen (secondary N) is 1. The summed E-state index contributed by atoms with van der Waals surface area (Å²) in [6.45, 7) is 0. The molecular weight excluding hydrogens is 218 g/mol. The van der Waals surface area contributed by atoms with Crippen LogP contribution in [-0.2, 0) is 0 Å². The molecule has 2 rings (SSSR count). The summed E-state index contributed by atoms with van der Waals surface area (Å²) >= 11 is 0. The fourth-order valence-corrected chi connectivity index (χ4v) is 1.49. The van der Waals surface area contributed by atoms with Gasteiger partial charge < -0.3 is 11.1 Å². The van der Waals surface area contributed by atoms with Crippen molar-refractivity contribution in [2.45, 2.75) is 0 Å². The molecule has 0 unspecified atom stereocenters. The molecule has 0 atom stereocenters. The number of hydrogen-bond acceptors (Lipinski definition) is 4. The number of nitrogens with two attached hydrogens (primary N) is 1. The third-order valence-electron chi connectivity index (χ3n) is 2.33. The minimum Gasteiger partial charge on any atom is -0.397 e. The van der Waals surface area contributed by atoms with Gasteiger partial charge in [0.15, 0.2) is 0 Å². The first-order valence-corrected chi connectivity index (χ1v) is 5.03. The molecule has 86 valence electrons. The van der Waals surface area contributed by atoms with Gasteiger partial charge in [-0.2, -0.15) is 0 Å². The van der Waals surface area contributed by atoms with Crippen LogP contribution in [0, 0.1) is 10.1 Å². The van der Waals surface area contributed by atoms with Crippen LogP contribution in [0.15, 0.2) is 48.5 Å². The third kappa shape index (κ3) is 2.34. The SMILES string of the molecule is Nc1ccccc1Nc1ccccc1[N+](=O)[O-]. The largest absolute Gasteiger partial charge is 0.397 e. The third-order valence-corrected chi connectivity index (χ3v) is 2.33. The van der Waals surface area contributed by atoms with Gasteiger partial charge in [-0.3, -0.25) is 10.1 Å². The highest BCUT2D eigenvalue weighted by Gasteiger charge is 2.12. The van der Waals surface area contributed by atoms with Crippen LogP contribution in [0.2, 0.25) is 0 Å². The molecule has 2 aromatic rings. The lowest BCUT2D eigenvalue weighted by Gasteiger charge is -2.08. The van der Waals surface area contributed by atoms with Gasteiger partial charge in [0.05, 0.1) is 16.3 Å². The second-order valence-electron chi connectivity index (χ2n) is 3.49. The lowest BCUT2D eigenvalue weighted by Crippen LogP contribution is -1.99. The van der Waals surface area contributed by atoms with Crippen molar-refractivity contribution in [2.24, 2.45) is 0 Å². The summed E-state index contributed by atoms with van der Waals surface area (Å²) in [6.07, 6.45) is 0. The van der Waals surface area contributed by atoms with E-state index in [4.69, 9.17) is 5.73 Å². The van der Waals surface area contributed by atoms with Crippen molar-refractivity contribution in [1.82, 2.24) is 0 Å². The van der Waals surface area contributed by atoms with Crippen LogP contribution in [-0.4, -0.2) is 4.92 Å². The Kier molecular flexibility index (Phi) is 2.91. The maximum atomic E-state index is 10.8. The fourth-order valence-electron chi connectivity index (χ4n) is 1.49. The Morgan fingerprint density at radius 1 is 1.00 bits per heavy atom. The van der Waals surface area contributed by atoms with E-state index >= 15 is 0 Å². The van der Waals surface area contributed by atoms with E-state index in [9.17, 15) is 10.1 Å². The number of anilines is 3. The van der Waals surface area contributed by atoms with E-state index in [0.29, 0.717) is 17.1 Å². The summed E-state index contributed by atoms with van der Waals surface area (Å²) in [6, 6.07) is 13.6. The van der Waals surface area contributed by atoms with Crippen molar-refractivity contribution in [3.05, 3.63) is 58.6 Å². The topological polar surface area (TPSA) is 81.2 Å². The van der Waals surface area contributed by atoms with E-state index in [-0.39, 0.29) is 5.69 Å². The summed E-state index contributed by atoms with van der Waals surface area (Å²) < 4.78 is 0. The van der Waals surface area contributed by atoms with Gasteiger partial charge in [-0.05, 0) is 18.2 Å². The Labute approximate surface area is 98.0 Å². The van der Waals surface area contributed by atoms with Crippen molar-refractivity contribution in [3.8, 4) is 0 Å². The lowest BCUT2D eigenvalue weighted by molar-refractivity contribution is -0.383. The Balaban J connectivity index is 2.37. The van der Waals surface area contributed by atoms with Crippen LogP contribution >= 0.6 is 0 Å². The van der Waals surface area contributed by atoms with Crippen molar-refractivity contribution < 1.29 is 4.92 Å². The Morgan fingerprint density at radius 2 is 1.59 bits per heavy atom. The van der Waals surface area contributed by atoms with Crippen LogP contribution in [0.3, 0.4) is 0 Å². The first-order valence-electron chi connectivity index (χ1n) is 5.03. The van der Waals surface area contributed by atoms with Gasteiger partial charge in [-0.1, -0.05) is 24.3 Å². The second-order valence-corrected chi connectivity index (χ2v) is 3.49. The highest BCUT2D eigenvalue weighted by Crippen LogP contribution is 2.29. The van der Waals surface area contributed by atoms with Crippen LogP contribution in [0.1, 0.15) is 0 Å². The van der Waals surface area contributed by atoms with Crippen molar-refractivity contribution in [3.63, 3.8) is 0 Å². The van der Waals surface area contributed by atoms with Gasteiger partial charge >= 0.3 is 0 Å². The normalized spacial score (nSPS) is 9.88. The number of nitro groups is 1. The van der Waals surface area contributed by atoms with Gasteiger partial charge in [0.25, 0.3) is 5.69 Å². The Morgan fingerprint density at radius 3 is 2.24 bits per heavy atom. The zero-order valence-electron chi connectivity index (χ0n) is 8.96. The van der Waals surface area contributed by atoms with E-state index in [1.54, 1.807) is 36.4 Å². The standard InChI is InChI=1S/C12H11N3O2/c13-9-5-1-2-6-10(9)14-11-7-3-4-8-12(11)15(16)17/h1-8,14H,13H2. The molecule has 0 fully saturated rings. The number of para-hydroxylation sites is 4. The first kappa shape index (κ1) is 10.9. The molecule has 17 heavy (non-hydrogen) atoms. The number of nitrogens with zero attached hydrogens (tertiary/aromatic N) is 1. The van der Waals surface area contributed by atoms with E-state index in [0.717, 1.165) is 0 Å². The van der Waals surface area contributed by atoms with E-state index in [1.165, 1.54) is 6.07 Å². The molecule has 0 saturated carbocycles. The van der Waals surface area contributed by atoms with E-state index in [2.05, 4.69) is 5.32 Å². The van der Waals surface area contributed by atoms with Crippen LogP contribution in [0.4, 0.5) is 22.7 Å². The summed E-state index contributed by atoms with van der Waals surface area (Å²) in [4.78, 5) is 10.4. The molecule has 2 aromatic carbocycles. The molecule has 0 aromatic heterocycles. The minimum atomic E-state index is -0.429. The van der Waals surface area contributed by atoms with Crippen molar-refractivity contribution >= 4 is 22.7 Å². The predicted molar refractivity (Wildman–Crippen MR) is 67.2 cm³/mol. The van der Waals surface area contributed by atoms with Crippen molar-refractivity contribution in [1.29, 1.82) is 0 Å². The molecule has 0 spiro atoms. The number of nitro benzene ring substituents is 1. The molecule has 0 aliphatic heterocycles. The molecule has 0 radical (unpaired) electrons. The Hall–Kier alpha value is -2.56. The molecule has 0 bridgehead atoms. The number of rotatable bonds is 3. The second kappa shape index (κ2) is 4.52. The zero-order chi connectivity index (χ0) is 12.3. The molecule has 3 N–H and O–H groups in total. The van der Waals surface area contributed by atoms with Crippen LogP contribution < -0.4 is 11.1 Å². The van der Waals surface area contributed by atoms with Gasteiger partial charge in [0.1, 0.15) is 5.69 Å². The van der Waals surface area contributed by atoms with E-state index < -0.39 is 4.92 Å². The van der Waals surface area contributed by atoms with Gasteiger partial charge in [-0.15, -0.1) is 0 Å². The average molecular weight is 229 g/mol. The maximum Gasteiger partial charge on any atom is 0.292 e. The first-order chi connectivity index (χ1) is 8.18. The predicted octanol–water partition coefficient (Wildman–Crippen LogP) is 2.92. The summed E-state index contributed by atoms with van der Waals surface area (Å²) in [7, 11) is 0. The fraction of sp³-hybridized carbons (Fsp3) is 0. The average Bonchev–Trinajstić information content (AvgIpc) is 2.32. The molecule has 0 amide bonds. The molecule has 5 nitrogen and oxygen atoms in total. The molecule has 0 saturated heterocycles. The quantitative estimate of drug-likeness (QED) is 0.481. The molecule has 5 heteroatoms. The molecular formula is C12H11N3O2. The monoisotopic (exact) mass is 229 g/mol. The summed E-state index contributed by atoms with van der Waals surface area (Å²) in [5.74, 6) is 0. The lowest BCUT2D eigenvalue weighted by atomic mass is 10.2. The zero-order valence-corrected chi connectivity index (χ0v) is 8.96. The van der Waals surface area contributed by atoms with Crippen LogP contribution in [0.25, 0.3) is 0 Å². The molecule has 0 heterocycles. The number of hydrogen-bond donors (Lipinski definition) is 2. The summed E-state index contributed by atoms with van der Waals surface area (Å²) in [5, 5.41) is 13.8. The Bertz CT molecular complexity index is 555. The summed E-state index contributed by atoms with van der Waals surface area (Å²) in [5.41, 5.74) is 7.41. The number of nitrogen functional groups attached to an aromatic ring is 1. The highest BCUT2D eigenvalue weighted by molar-refractivity contribution is 5.76. The minimum absolute atomic E-state index is 0.0238. The van der Waals surface area contributed by atoms with Gasteiger partial charge in [0.2, 0.25) is 0 Å². The maximum absolute atomic E-state index is 10.8. The number of benzene rings is 2. The van der Waals surface area contributed by atoms with Crippen LogP contribution in [0.5, 0.6) is 0 Å². The highest BCUT2D eigenvalue weighted by atomic mass is 16.6. The van der Waals surface area contributed by atoms with Gasteiger partial charge in [-0.25, -0.2) is 0 Å². The smallest absolute Gasteiger partial charge is 0.292 e. The van der Waals surface area contributed by atoms with E-state index in [1.807, 2.05) is 6.07 Å². The molecule has 0 aliphatic rings. The van der Waals surface area contributed by atoms with Gasteiger partial charge in [0, 0.05) is 6.07 Å².